The zero-order valence-corrected chi connectivity index (χ0v) is 10.8. The monoisotopic (exact) mass is 254 g/mol. The van der Waals surface area contributed by atoms with E-state index in [4.69, 9.17) is 0 Å². The molecule has 17 heavy (non-hydrogen) atoms. The minimum absolute atomic E-state index is 0.171. The van der Waals surface area contributed by atoms with Gasteiger partial charge in [-0.05, 0) is 37.0 Å². The average Bonchev–Trinajstić information content (AvgIpc) is 2.29. The third kappa shape index (κ3) is 2.91. The number of nitrogens with one attached hydrogen (secondary N) is 2. The summed E-state index contributed by atoms with van der Waals surface area (Å²) in [7, 11) is -3.20. The average molecular weight is 254 g/mol. The Kier molecular flexibility index (Phi) is 3.57. The van der Waals surface area contributed by atoms with E-state index in [1.54, 1.807) is 0 Å². The van der Waals surface area contributed by atoms with Crippen molar-refractivity contribution in [3.63, 3.8) is 0 Å². The van der Waals surface area contributed by atoms with Crippen molar-refractivity contribution in [2.45, 2.75) is 26.2 Å². The minimum Gasteiger partial charge on any atom is -0.385 e. The van der Waals surface area contributed by atoms with Gasteiger partial charge in [-0.1, -0.05) is 13.0 Å². The van der Waals surface area contributed by atoms with Crippen LogP contribution in [-0.4, -0.2) is 20.7 Å². The summed E-state index contributed by atoms with van der Waals surface area (Å²) in [5.41, 5.74) is 2.86. The maximum absolute atomic E-state index is 11.8. The van der Waals surface area contributed by atoms with Crippen LogP contribution in [0.15, 0.2) is 18.2 Å². The van der Waals surface area contributed by atoms with Gasteiger partial charge in [-0.15, -0.1) is 0 Å². The van der Waals surface area contributed by atoms with Gasteiger partial charge in [-0.3, -0.25) is 4.72 Å². The van der Waals surface area contributed by atoms with Crippen molar-refractivity contribution in [1.82, 2.24) is 0 Å². The van der Waals surface area contributed by atoms with Gasteiger partial charge in [0, 0.05) is 12.2 Å². The Morgan fingerprint density at radius 2 is 2.24 bits per heavy atom. The maximum Gasteiger partial charge on any atom is 0.232 e. The van der Waals surface area contributed by atoms with E-state index in [-0.39, 0.29) is 5.75 Å². The summed E-state index contributed by atoms with van der Waals surface area (Å²) >= 11 is 0. The largest absolute Gasteiger partial charge is 0.385 e. The Morgan fingerprint density at radius 1 is 1.41 bits per heavy atom. The molecule has 0 aromatic heterocycles. The van der Waals surface area contributed by atoms with Crippen LogP contribution in [0.2, 0.25) is 0 Å². The Balaban J connectivity index is 2.27. The van der Waals surface area contributed by atoms with Gasteiger partial charge in [-0.25, -0.2) is 8.42 Å². The highest BCUT2D eigenvalue weighted by Crippen LogP contribution is 2.29. The normalized spacial score (nSPS) is 14.9. The number of anilines is 2. The number of benzene rings is 1. The molecule has 1 aromatic carbocycles. The third-order valence-electron chi connectivity index (χ3n) is 2.83. The lowest BCUT2D eigenvalue weighted by molar-refractivity contribution is 0.600. The molecule has 0 fully saturated rings. The Hall–Kier alpha value is -1.23. The van der Waals surface area contributed by atoms with Crippen molar-refractivity contribution < 1.29 is 8.42 Å². The lowest BCUT2D eigenvalue weighted by Gasteiger charge is -2.21. The quantitative estimate of drug-likeness (QED) is 0.866. The first-order chi connectivity index (χ1) is 8.12. The predicted molar refractivity (Wildman–Crippen MR) is 71.0 cm³/mol. The molecule has 0 saturated carbocycles. The van der Waals surface area contributed by atoms with E-state index < -0.39 is 10.0 Å². The first-order valence-electron chi connectivity index (χ1n) is 5.98. The predicted octanol–water partition coefficient (Wildman–Crippen LogP) is 2.20. The Bertz CT molecular complexity index is 497. The molecule has 0 spiro atoms. The van der Waals surface area contributed by atoms with Crippen LogP contribution >= 0.6 is 0 Å². The molecule has 5 heteroatoms. The zero-order valence-electron chi connectivity index (χ0n) is 9.99. The van der Waals surface area contributed by atoms with Crippen molar-refractivity contribution in [3.05, 3.63) is 23.8 Å². The van der Waals surface area contributed by atoms with Gasteiger partial charge < -0.3 is 5.32 Å². The lowest BCUT2D eigenvalue weighted by atomic mass is 10.0. The van der Waals surface area contributed by atoms with Crippen LogP contribution in [0.3, 0.4) is 0 Å². The van der Waals surface area contributed by atoms with E-state index in [0.717, 1.165) is 36.3 Å². The van der Waals surface area contributed by atoms with Crippen molar-refractivity contribution in [3.8, 4) is 0 Å². The van der Waals surface area contributed by atoms with E-state index in [1.807, 2.05) is 25.1 Å². The molecule has 0 radical (unpaired) electrons. The second-order valence-electron chi connectivity index (χ2n) is 4.28. The maximum atomic E-state index is 11.8. The summed E-state index contributed by atoms with van der Waals surface area (Å²) in [6, 6.07) is 5.70. The number of fused-ring (bicyclic) bond motifs is 1. The molecule has 1 aromatic rings. The number of hydrogen-bond donors (Lipinski definition) is 2. The summed E-state index contributed by atoms with van der Waals surface area (Å²) in [6.07, 6.45) is 2.59. The highest BCUT2D eigenvalue weighted by Gasteiger charge is 2.16. The summed E-state index contributed by atoms with van der Waals surface area (Å²) in [4.78, 5) is 0. The van der Waals surface area contributed by atoms with E-state index in [1.165, 1.54) is 0 Å². The van der Waals surface area contributed by atoms with Crippen molar-refractivity contribution in [1.29, 1.82) is 0 Å². The van der Waals surface area contributed by atoms with Gasteiger partial charge in [0.05, 0.1) is 11.4 Å². The molecular weight excluding hydrogens is 236 g/mol. The Morgan fingerprint density at radius 3 is 3.00 bits per heavy atom. The molecule has 1 aliphatic heterocycles. The second-order valence-corrected chi connectivity index (χ2v) is 6.12. The van der Waals surface area contributed by atoms with Crippen LogP contribution in [-0.2, 0) is 16.4 Å². The van der Waals surface area contributed by atoms with Gasteiger partial charge in [0.25, 0.3) is 0 Å². The topological polar surface area (TPSA) is 58.2 Å². The van der Waals surface area contributed by atoms with Gasteiger partial charge in [-0.2, -0.15) is 0 Å². The van der Waals surface area contributed by atoms with Crippen LogP contribution < -0.4 is 10.0 Å². The van der Waals surface area contributed by atoms with Gasteiger partial charge in [0.2, 0.25) is 10.0 Å². The van der Waals surface area contributed by atoms with Crippen LogP contribution in [0.4, 0.5) is 11.4 Å². The number of sulfonamides is 1. The SMILES string of the molecule is CCCS(=O)(=O)Nc1cccc2c1CCCN2. The fourth-order valence-electron chi connectivity index (χ4n) is 2.09. The molecule has 0 aliphatic carbocycles. The zero-order chi connectivity index (χ0) is 12.3. The first-order valence-corrected chi connectivity index (χ1v) is 7.64. The van der Waals surface area contributed by atoms with Crippen LogP contribution in [0.5, 0.6) is 0 Å². The second kappa shape index (κ2) is 4.96. The minimum atomic E-state index is -3.20. The molecule has 4 nitrogen and oxygen atoms in total. The fourth-order valence-corrected chi connectivity index (χ4v) is 3.26. The van der Waals surface area contributed by atoms with Crippen LogP contribution in [0.1, 0.15) is 25.3 Å². The summed E-state index contributed by atoms with van der Waals surface area (Å²) in [5, 5.41) is 3.29. The molecule has 0 unspecified atom stereocenters. The lowest BCUT2D eigenvalue weighted by Crippen LogP contribution is -2.19. The van der Waals surface area contributed by atoms with E-state index in [2.05, 4.69) is 10.0 Å². The van der Waals surface area contributed by atoms with Gasteiger partial charge >= 0.3 is 0 Å². The van der Waals surface area contributed by atoms with Crippen molar-refractivity contribution in [2.24, 2.45) is 0 Å². The summed E-state index contributed by atoms with van der Waals surface area (Å²) in [6.45, 7) is 2.82. The molecular formula is C12H18N2O2S. The smallest absolute Gasteiger partial charge is 0.232 e. The third-order valence-corrected chi connectivity index (χ3v) is 4.31. The number of rotatable bonds is 4. The van der Waals surface area contributed by atoms with Crippen molar-refractivity contribution in [2.75, 3.05) is 22.3 Å². The standard InChI is InChI=1S/C12H18N2O2S/c1-2-9-17(15,16)14-12-7-3-6-11-10(12)5-4-8-13-11/h3,6-7,13-14H,2,4-5,8-9H2,1H3. The highest BCUT2D eigenvalue weighted by molar-refractivity contribution is 7.92. The molecule has 1 aliphatic rings. The molecule has 2 N–H and O–H groups in total. The molecule has 0 bridgehead atoms. The van der Waals surface area contributed by atoms with E-state index >= 15 is 0 Å². The molecule has 0 saturated heterocycles. The molecule has 1 heterocycles. The highest BCUT2D eigenvalue weighted by atomic mass is 32.2. The van der Waals surface area contributed by atoms with E-state index in [9.17, 15) is 8.42 Å². The van der Waals surface area contributed by atoms with Gasteiger partial charge in [0.15, 0.2) is 0 Å². The van der Waals surface area contributed by atoms with E-state index in [0.29, 0.717) is 6.42 Å². The van der Waals surface area contributed by atoms with Crippen LogP contribution in [0.25, 0.3) is 0 Å². The molecule has 0 atom stereocenters. The number of hydrogen-bond acceptors (Lipinski definition) is 3. The fraction of sp³-hybridized carbons (Fsp3) is 0.500. The first kappa shape index (κ1) is 12.2. The summed E-state index contributed by atoms with van der Waals surface area (Å²) < 4.78 is 26.2. The van der Waals surface area contributed by atoms with Gasteiger partial charge in [0.1, 0.15) is 0 Å². The molecule has 2 rings (SSSR count). The van der Waals surface area contributed by atoms with Crippen LogP contribution in [0, 0.1) is 0 Å². The van der Waals surface area contributed by atoms with Crippen molar-refractivity contribution >= 4 is 21.4 Å². The molecule has 94 valence electrons. The Labute approximate surface area is 102 Å². The summed E-state index contributed by atoms with van der Waals surface area (Å²) in [5.74, 6) is 0.171. The molecule has 0 amide bonds.